The third-order valence-electron chi connectivity index (χ3n) is 4.54. The Morgan fingerprint density at radius 3 is 2.91 bits per heavy atom. The summed E-state index contributed by atoms with van der Waals surface area (Å²) in [7, 11) is 0. The van der Waals surface area contributed by atoms with Gasteiger partial charge in [-0.05, 0) is 67.5 Å². The van der Waals surface area contributed by atoms with Crippen molar-refractivity contribution in [2.75, 3.05) is 18.4 Å². The Hall–Kier alpha value is -1.65. The molecule has 1 atom stereocenters. The number of carbonyl (C=O) groups is 1. The molecule has 3 nitrogen and oxygen atoms in total. The van der Waals surface area contributed by atoms with Gasteiger partial charge in [0.1, 0.15) is 0 Å². The minimum atomic E-state index is 0.0637. The Morgan fingerprint density at radius 1 is 1.32 bits per heavy atom. The summed E-state index contributed by atoms with van der Waals surface area (Å²) in [6.45, 7) is 7.73. The fourth-order valence-electron chi connectivity index (χ4n) is 2.98. The maximum atomic E-state index is 12.3. The summed E-state index contributed by atoms with van der Waals surface area (Å²) >= 11 is 1.83. The zero-order chi connectivity index (χ0) is 15.7. The Labute approximate surface area is 136 Å². The molecule has 1 aliphatic heterocycles. The molecule has 3 rings (SSSR count). The van der Waals surface area contributed by atoms with Crippen LogP contribution in [0.4, 0.5) is 5.69 Å². The Bertz CT molecular complexity index is 692. The number of nitrogens with zero attached hydrogens (tertiary/aromatic N) is 1. The molecule has 0 bridgehead atoms. The Balaban J connectivity index is 1.64. The SMILES string of the molecule is Cc1ccc(NC(=O)CN2CCc3sccc3[C@@H]2C)cc1C. The maximum Gasteiger partial charge on any atom is 0.238 e. The Morgan fingerprint density at radius 2 is 2.14 bits per heavy atom. The number of rotatable bonds is 3. The first-order chi connectivity index (χ1) is 10.5. The van der Waals surface area contributed by atoms with Crippen molar-refractivity contribution in [3.63, 3.8) is 0 Å². The van der Waals surface area contributed by atoms with Crippen molar-refractivity contribution >= 4 is 22.9 Å². The van der Waals surface area contributed by atoms with E-state index < -0.39 is 0 Å². The smallest absolute Gasteiger partial charge is 0.238 e. The van der Waals surface area contributed by atoms with Crippen LogP contribution in [0.25, 0.3) is 0 Å². The van der Waals surface area contributed by atoms with Gasteiger partial charge in [-0.15, -0.1) is 11.3 Å². The van der Waals surface area contributed by atoms with E-state index in [1.807, 2.05) is 29.5 Å². The third kappa shape index (κ3) is 3.08. The summed E-state index contributed by atoms with van der Waals surface area (Å²) in [6.07, 6.45) is 1.05. The number of carbonyl (C=O) groups excluding carboxylic acids is 1. The maximum absolute atomic E-state index is 12.3. The topological polar surface area (TPSA) is 32.3 Å². The highest BCUT2D eigenvalue weighted by atomic mass is 32.1. The van der Waals surface area contributed by atoms with Gasteiger partial charge < -0.3 is 5.32 Å². The molecule has 1 aliphatic rings. The van der Waals surface area contributed by atoms with E-state index in [1.165, 1.54) is 21.6 Å². The van der Waals surface area contributed by atoms with Crippen LogP contribution in [0.2, 0.25) is 0 Å². The highest BCUT2D eigenvalue weighted by molar-refractivity contribution is 7.10. The van der Waals surface area contributed by atoms with Crippen molar-refractivity contribution in [1.82, 2.24) is 4.90 Å². The zero-order valence-electron chi connectivity index (χ0n) is 13.3. The average Bonchev–Trinajstić information content (AvgIpc) is 2.95. The number of hydrogen-bond donors (Lipinski definition) is 1. The molecule has 0 spiro atoms. The standard InChI is InChI=1S/C18H22N2OS/c1-12-4-5-15(10-13(12)2)19-18(21)11-20-8-6-17-16(14(20)3)7-9-22-17/h4-5,7,9-10,14H,6,8,11H2,1-3H3,(H,19,21)/t14-/m0/s1. The molecule has 2 heterocycles. The van der Waals surface area contributed by atoms with Crippen LogP contribution in [0, 0.1) is 13.8 Å². The van der Waals surface area contributed by atoms with Crippen LogP contribution in [-0.4, -0.2) is 23.9 Å². The van der Waals surface area contributed by atoms with Crippen molar-refractivity contribution in [3.8, 4) is 0 Å². The van der Waals surface area contributed by atoms with Gasteiger partial charge in [0.2, 0.25) is 5.91 Å². The van der Waals surface area contributed by atoms with Crippen molar-refractivity contribution < 1.29 is 4.79 Å². The molecule has 0 saturated heterocycles. The first kappa shape index (κ1) is 15.3. The molecule has 22 heavy (non-hydrogen) atoms. The van der Waals surface area contributed by atoms with Crippen molar-refractivity contribution in [2.24, 2.45) is 0 Å². The van der Waals surface area contributed by atoms with Crippen LogP contribution < -0.4 is 5.32 Å². The molecule has 2 aromatic rings. The number of amides is 1. The normalized spacial score (nSPS) is 18.0. The molecule has 1 aromatic carbocycles. The van der Waals surface area contributed by atoms with Gasteiger partial charge in [0.15, 0.2) is 0 Å². The first-order valence-electron chi connectivity index (χ1n) is 7.72. The predicted octanol–water partition coefficient (Wildman–Crippen LogP) is 3.92. The zero-order valence-corrected chi connectivity index (χ0v) is 14.2. The molecule has 0 radical (unpaired) electrons. The fourth-order valence-corrected chi connectivity index (χ4v) is 3.94. The van der Waals surface area contributed by atoms with Crippen LogP contribution >= 0.6 is 11.3 Å². The van der Waals surface area contributed by atoms with Gasteiger partial charge in [0, 0.05) is 23.2 Å². The van der Waals surface area contributed by atoms with Crippen molar-refractivity contribution in [3.05, 3.63) is 51.2 Å². The van der Waals surface area contributed by atoms with Crippen LogP contribution in [0.1, 0.15) is 34.5 Å². The minimum absolute atomic E-state index is 0.0637. The molecule has 1 aromatic heterocycles. The van der Waals surface area contributed by atoms with Crippen LogP contribution in [0.5, 0.6) is 0 Å². The molecular formula is C18H22N2OS. The van der Waals surface area contributed by atoms with Gasteiger partial charge in [0.05, 0.1) is 6.54 Å². The van der Waals surface area contributed by atoms with Gasteiger partial charge in [-0.25, -0.2) is 0 Å². The average molecular weight is 314 g/mol. The molecule has 116 valence electrons. The second-order valence-corrected chi connectivity index (χ2v) is 7.04. The highest BCUT2D eigenvalue weighted by Crippen LogP contribution is 2.32. The molecule has 0 fully saturated rings. The molecule has 0 saturated carbocycles. The van der Waals surface area contributed by atoms with E-state index in [2.05, 4.69) is 42.4 Å². The molecule has 1 amide bonds. The van der Waals surface area contributed by atoms with Crippen LogP contribution in [0.3, 0.4) is 0 Å². The Kier molecular flexibility index (Phi) is 4.32. The lowest BCUT2D eigenvalue weighted by atomic mass is 10.0. The van der Waals surface area contributed by atoms with Crippen molar-refractivity contribution in [1.29, 1.82) is 0 Å². The molecule has 4 heteroatoms. The summed E-state index contributed by atoms with van der Waals surface area (Å²) < 4.78 is 0. The van der Waals surface area contributed by atoms with Gasteiger partial charge in [-0.1, -0.05) is 6.07 Å². The minimum Gasteiger partial charge on any atom is -0.325 e. The summed E-state index contributed by atoms with van der Waals surface area (Å²) in [4.78, 5) is 16.0. The van der Waals surface area contributed by atoms with Gasteiger partial charge in [-0.2, -0.15) is 0 Å². The van der Waals surface area contributed by atoms with Gasteiger partial charge in [-0.3, -0.25) is 9.69 Å². The number of nitrogens with one attached hydrogen (secondary N) is 1. The first-order valence-corrected chi connectivity index (χ1v) is 8.60. The lowest BCUT2D eigenvalue weighted by molar-refractivity contribution is -0.117. The number of hydrogen-bond acceptors (Lipinski definition) is 3. The van der Waals surface area contributed by atoms with E-state index in [0.29, 0.717) is 12.6 Å². The fraction of sp³-hybridized carbons (Fsp3) is 0.389. The second kappa shape index (κ2) is 6.23. The summed E-state index contributed by atoms with van der Waals surface area (Å²) in [6, 6.07) is 8.56. The van der Waals surface area contributed by atoms with Crippen molar-refractivity contribution in [2.45, 2.75) is 33.2 Å². The van der Waals surface area contributed by atoms with E-state index in [0.717, 1.165) is 18.7 Å². The number of benzene rings is 1. The number of aryl methyl sites for hydroxylation is 2. The van der Waals surface area contributed by atoms with E-state index >= 15 is 0 Å². The third-order valence-corrected chi connectivity index (χ3v) is 5.54. The van der Waals surface area contributed by atoms with Crippen LogP contribution in [0.15, 0.2) is 29.6 Å². The van der Waals surface area contributed by atoms with E-state index in [-0.39, 0.29) is 5.91 Å². The highest BCUT2D eigenvalue weighted by Gasteiger charge is 2.26. The molecular weight excluding hydrogens is 292 g/mol. The summed E-state index contributed by atoms with van der Waals surface area (Å²) in [5, 5.41) is 5.17. The monoisotopic (exact) mass is 314 g/mol. The lowest BCUT2D eigenvalue weighted by Crippen LogP contribution is -2.39. The van der Waals surface area contributed by atoms with E-state index in [1.54, 1.807) is 0 Å². The quantitative estimate of drug-likeness (QED) is 0.931. The van der Waals surface area contributed by atoms with Gasteiger partial charge in [0.25, 0.3) is 0 Å². The van der Waals surface area contributed by atoms with Crippen LogP contribution in [-0.2, 0) is 11.2 Å². The molecule has 1 N–H and O–H groups in total. The lowest BCUT2D eigenvalue weighted by Gasteiger charge is -2.32. The van der Waals surface area contributed by atoms with Gasteiger partial charge >= 0.3 is 0 Å². The predicted molar refractivity (Wildman–Crippen MR) is 92.6 cm³/mol. The number of fused-ring (bicyclic) bond motifs is 1. The van der Waals surface area contributed by atoms with E-state index in [4.69, 9.17) is 0 Å². The van der Waals surface area contributed by atoms with E-state index in [9.17, 15) is 4.79 Å². The molecule has 0 aliphatic carbocycles. The number of anilines is 1. The molecule has 0 unspecified atom stereocenters. The summed E-state index contributed by atoms with van der Waals surface area (Å²) in [5.41, 5.74) is 4.71. The summed E-state index contributed by atoms with van der Waals surface area (Å²) in [5.74, 6) is 0.0637. The second-order valence-electron chi connectivity index (χ2n) is 6.04. The largest absolute Gasteiger partial charge is 0.325 e. The number of thiophene rings is 1.